The summed E-state index contributed by atoms with van der Waals surface area (Å²) in [6, 6.07) is 0. The number of alkyl halides is 3. The Morgan fingerprint density at radius 1 is 1.39 bits per heavy atom. The van der Waals surface area contributed by atoms with Crippen LogP contribution in [0.1, 0.15) is 26.2 Å². The lowest BCUT2D eigenvalue weighted by Gasteiger charge is -2.29. The van der Waals surface area contributed by atoms with Gasteiger partial charge in [-0.25, -0.2) is 12.7 Å². The topological polar surface area (TPSA) is 54.5 Å². The van der Waals surface area contributed by atoms with E-state index in [4.69, 9.17) is 0 Å². The Morgan fingerprint density at radius 3 is 2.50 bits per heavy atom. The Kier molecular flexibility index (Phi) is 4.77. The fourth-order valence-electron chi connectivity index (χ4n) is 1.82. The zero-order valence-corrected chi connectivity index (χ0v) is 10.9. The molecule has 106 valence electrons. The van der Waals surface area contributed by atoms with Gasteiger partial charge in [-0.1, -0.05) is 6.92 Å². The van der Waals surface area contributed by atoms with Crippen LogP contribution in [-0.4, -0.2) is 43.5 Å². The van der Waals surface area contributed by atoms with Crippen LogP contribution >= 0.6 is 0 Å². The molecule has 18 heavy (non-hydrogen) atoms. The molecule has 0 aliphatic carbocycles. The van der Waals surface area contributed by atoms with Crippen molar-refractivity contribution in [2.24, 2.45) is 5.92 Å². The minimum absolute atomic E-state index is 0.00302. The van der Waals surface area contributed by atoms with Crippen LogP contribution in [0.4, 0.5) is 13.2 Å². The molecule has 0 aromatic heterocycles. The van der Waals surface area contributed by atoms with Gasteiger partial charge in [-0.05, 0) is 6.42 Å². The van der Waals surface area contributed by atoms with E-state index in [1.807, 2.05) is 0 Å². The highest BCUT2D eigenvalue weighted by atomic mass is 32.2. The Balaban J connectivity index is 2.51. The highest BCUT2D eigenvalue weighted by Gasteiger charge is 2.32. The summed E-state index contributed by atoms with van der Waals surface area (Å²) >= 11 is 0. The highest BCUT2D eigenvalue weighted by Crippen LogP contribution is 2.23. The molecule has 0 amide bonds. The van der Waals surface area contributed by atoms with E-state index in [1.54, 1.807) is 6.92 Å². The molecule has 0 spiro atoms. The van der Waals surface area contributed by atoms with Gasteiger partial charge in [0.15, 0.2) is 0 Å². The first-order chi connectivity index (χ1) is 8.12. The van der Waals surface area contributed by atoms with Crippen molar-refractivity contribution in [2.75, 3.05) is 18.8 Å². The second kappa shape index (κ2) is 5.56. The fraction of sp³-hybridized carbons (Fsp3) is 0.900. The van der Waals surface area contributed by atoms with Gasteiger partial charge in [0, 0.05) is 31.8 Å². The van der Waals surface area contributed by atoms with Crippen LogP contribution in [0.25, 0.3) is 0 Å². The number of Topliss-reactive ketones (excluding diaryl/α,β-unsaturated/α-hetero) is 1. The third kappa shape index (κ3) is 4.56. The number of nitrogens with zero attached hydrogens (tertiary/aromatic N) is 1. The normalized spacial score (nSPS) is 23.3. The highest BCUT2D eigenvalue weighted by molar-refractivity contribution is 7.89. The molecule has 0 bridgehead atoms. The molecule has 1 aliphatic rings. The van der Waals surface area contributed by atoms with Gasteiger partial charge in [-0.15, -0.1) is 0 Å². The Labute approximate surface area is 104 Å². The number of carbonyl (C=O) groups is 1. The van der Waals surface area contributed by atoms with Crippen molar-refractivity contribution in [1.82, 2.24) is 4.31 Å². The number of sulfonamides is 1. The first-order valence-electron chi connectivity index (χ1n) is 5.69. The lowest BCUT2D eigenvalue weighted by atomic mass is 10.0. The summed E-state index contributed by atoms with van der Waals surface area (Å²) in [7, 11) is -3.68. The molecule has 1 saturated heterocycles. The minimum Gasteiger partial charge on any atom is -0.299 e. The molecule has 1 fully saturated rings. The maximum Gasteiger partial charge on any atom is 0.389 e. The zero-order valence-electron chi connectivity index (χ0n) is 10.0. The quantitative estimate of drug-likeness (QED) is 0.788. The molecular formula is C10H16F3NO3S. The van der Waals surface area contributed by atoms with Crippen LogP contribution in [-0.2, 0) is 14.8 Å². The van der Waals surface area contributed by atoms with Gasteiger partial charge in [-0.2, -0.15) is 13.2 Å². The van der Waals surface area contributed by atoms with E-state index < -0.39 is 34.8 Å². The number of carbonyl (C=O) groups excluding carboxylic acids is 1. The summed E-state index contributed by atoms with van der Waals surface area (Å²) in [5.74, 6) is -0.902. The number of piperidine rings is 1. The molecule has 0 N–H and O–H groups in total. The molecule has 0 saturated carbocycles. The summed E-state index contributed by atoms with van der Waals surface area (Å²) in [5.41, 5.74) is 0. The second-order valence-corrected chi connectivity index (χ2v) is 6.60. The van der Waals surface area contributed by atoms with E-state index in [2.05, 4.69) is 0 Å². The summed E-state index contributed by atoms with van der Waals surface area (Å²) in [6.45, 7) is 1.78. The fourth-order valence-corrected chi connectivity index (χ4v) is 3.40. The van der Waals surface area contributed by atoms with E-state index in [0.717, 1.165) is 4.31 Å². The summed E-state index contributed by atoms with van der Waals surface area (Å²) in [6.07, 6.45) is -5.74. The smallest absolute Gasteiger partial charge is 0.299 e. The SMILES string of the molecule is CC1CN(S(=O)(=O)CCCC(F)(F)F)CCC1=O. The van der Waals surface area contributed by atoms with Crippen molar-refractivity contribution < 1.29 is 26.4 Å². The molecule has 1 heterocycles. The number of rotatable bonds is 4. The van der Waals surface area contributed by atoms with Crippen molar-refractivity contribution in [1.29, 1.82) is 0 Å². The number of halogens is 3. The van der Waals surface area contributed by atoms with Gasteiger partial charge in [0.25, 0.3) is 0 Å². The Bertz CT molecular complexity index is 405. The van der Waals surface area contributed by atoms with Crippen LogP contribution in [0, 0.1) is 5.92 Å². The van der Waals surface area contributed by atoms with Gasteiger partial charge >= 0.3 is 6.18 Å². The lowest BCUT2D eigenvalue weighted by molar-refractivity contribution is -0.134. The van der Waals surface area contributed by atoms with Crippen molar-refractivity contribution in [3.8, 4) is 0 Å². The largest absolute Gasteiger partial charge is 0.389 e. The van der Waals surface area contributed by atoms with E-state index in [-0.39, 0.29) is 31.2 Å². The molecule has 1 atom stereocenters. The summed E-state index contributed by atoms with van der Waals surface area (Å²) < 4.78 is 60.5. The molecule has 0 aromatic rings. The lowest BCUT2D eigenvalue weighted by Crippen LogP contribution is -2.44. The van der Waals surface area contributed by atoms with E-state index in [9.17, 15) is 26.4 Å². The third-order valence-corrected chi connectivity index (χ3v) is 4.81. The Hall–Kier alpha value is -0.630. The first-order valence-corrected chi connectivity index (χ1v) is 7.30. The van der Waals surface area contributed by atoms with E-state index in [0.29, 0.717) is 0 Å². The van der Waals surface area contributed by atoms with Gasteiger partial charge < -0.3 is 0 Å². The molecule has 1 unspecified atom stereocenters. The van der Waals surface area contributed by atoms with Gasteiger partial charge in [-0.3, -0.25) is 4.79 Å². The van der Waals surface area contributed by atoms with Crippen molar-refractivity contribution >= 4 is 15.8 Å². The number of hydrogen-bond acceptors (Lipinski definition) is 3. The zero-order chi connectivity index (χ0) is 14.0. The molecule has 1 aliphatic heterocycles. The van der Waals surface area contributed by atoms with Gasteiger partial charge in [0.2, 0.25) is 10.0 Å². The summed E-state index contributed by atoms with van der Waals surface area (Å²) in [4.78, 5) is 11.2. The van der Waals surface area contributed by atoms with Crippen molar-refractivity contribution in [3.63, 3.8) is 0 Å². The molecule has 0 radical (unpaired) electrons. The molecule has 1 rings (SSSR count). The second-order valence-electron chi connectivity index (χ2n) is 4.51. The van der Waals surface area contributed by atoms with Crippen LogP contribution < -0.4 is 0 Å². The van der Waals surface area contributed by atoms with Crippen LogP contribution in [0.5, 0.6) is 0 Å². The maximum atomic E-state index is 11.9. The molecule has 0 aromatic carbocycles. The van der Waals surface area contributed by atoms with E-state index in [1.165, 1.54) is 0 Å². The predicted molar refractivity (Wildman–Crippen MR) is 59.4 cm³/mol. The van der Waals surface area contributed by atoms with Crippen LogP contribution in [0.3, 0.4) is 0 Å². The van der Waals surface area contributed by atoms with Crippen LogP contribution in [0.15, 0.2) is 0 Å². The molecule has 8 heteroatoms. The van der Waals surface area contributed by atoms with E-state index >= 15 is 0 Å². The molecular weight excluding hydrogens is 271 g/mol. The van der Waals surface area contributed by atoms with Gasteiger partial charge in [0.05, 0.1) is 5.75 Å². The van der Waals surface area contributed by atoms with Crippen LogP contribution in [0.2, 0.25) is 0 Å². The first kappa shape index (κ1) is 15.4. The standard InChI is InChI=1S/C10H16F3NO3S/c1-8-7-14(5-3-9(8)15)18(16,17)6-2-4-10(11,12)13/h8H,2-7H2,1H3. The summed E-state index contributed by atoms with van der Waals surface area (Å²) in [5, 5.41) is 0. The maximum absolute atomic E-state index is 11.9. The monoisotopic (exact) mass is 287 g/mol. The van der Waals surface area contributed by atoms with Gasteiger partial charge in [0.1, 0.15) is 5.78 Å². The Morgan fingerprint density at radius 2 is 2.00 bits per heavy atom. The number of hydrogen-bond donors (Lipinski definition) is 0. The van der Waals surface area contributed by atoms with Crippen molar-refractivity contribution in [2.45, 2.75) is 32.4 Å². The minimum atomic E-state index is -4.33. The average Bonchev–Trinajstić information content (AvgIpc) is 2.19. The number of ketones is 1. The third-order valence-electron chi connectivity index (χ3n) is 2.89. The molecule has 4 nitrogen and oxygen atoms in total. The van der Waals surface area contributed by atoms with Crippen molar-refractivity contribution in [3.05, 3.63) is 0 Å². The predicted octanol–water partition coefficient (Wildman–Crippen LogP) is 1.57. The average molecular weight is 287 g/mol.